The summed E-state index contributed by atoms with van der Waals surface area (Å²) < 4.78 is 5.57. The molecule has 0 saturated heterocycles. The molecule has 2 nitrogen and oxygen atoms in total. The van der Waals surface area contributed by atoms with Gasteiger partial charge in [-0.05, 0) is 48.7 Å². The van der Waals surface area contributed by atoms with E-state index < -0.39 is 0 Å². The Morgan fingerprint density at radius 1 is 1.10 bits per heavy atom. The smallest absolute Gasteiger partial charge is 0.156 e. The number of nitrogens with one attached hydrogen (secondary N) is 1. The maximum atomic E-state index is 6.24. The van der Waals surface area contributed by atoms with E-state index in [0.717, 1.165) is 17.7 Å². The number of ether oxygens (including phenoxy) is 1. The lowest BCUT2D eigenvalue weighted by molar-refractivity contribution is 0.318. The van der Waals surface area contributed by atoms with Gasteiger partial charge < -0.3 is 10.1 Å². The van der Waals surface area contributed by atoms with E-state index in [1.165, 1.54) is 5.56 Å². The second-order valence-corrected chi connectivity index (χ2v) is 5.77. The average Bonchev–Trinajstić information content (AvgIpc) is 2.44. The van der Waals surface area contributed by atoms with Gasteiger partial charge in [-0.1, -0.05) is 42.3 Å². The summed E-state index contributed by atoms with van der Waals surface area (Å²) in [5, 5.41) is 4.47. The highest BCUT2D eigenvalue weighted by Crippen LogP contribution is 2.34. The zero-order valence-corrected chi connectivity index (χ0v) is 13.8. The van der Waals surface area contributed by atoms with E-state index in [2.05, 4.69) is 24.4 Å². The minimum atomic E-state index is 0.553. The molecule has 0 aliphatic heterocycles. The number of aryl methyl sites for hydroxylation is 1. The standard InChI is InChI=1S/C17H19Cl2NO/c1-3-7-21-17-15(18)9-13(10-16(17)19)11-20-14-6-4-5-12(2)8-14/h4-6,8-10,20H,3,7,11H2,1-2H3. The fourth-order valence-electron chi connectivity index (χ4n) is 2.02. The van der Waals surface area contributed by atoms with Crippen molar-refractivity contribution in [3.63, 3.8) is 0 Å². The Labute approximate surface area is 136 Å². The molecule has 0 spiro atoms. The third-order valence-electron chi connectivity index (χ3n) is 3.02. The second-order valence-electron chi connectivity index (χ2n) is 4.96. The molecule has 0 saturated carbocycles. The molecule has 112 valence electrons. The lowest BCUT2D eigenvalue weighted by Crippen LogP contribution is -2.01. The molecule has 1 N–H and O–H groups in total. The Hall–Kier alpha value is -1.38. The molecule has 0 radical (unpaired) electrons. The van der Waals surface area contributed by atoms with Crippen molar-refractivity contribution in [3.8, 4) is 5.75 Å². The topological polar surface area (TPSA) is 21.3 Å². The van der Waals surface area contributed by atoms with E-state index in [9.17, 15) is 0 Å². The van der Waals surface area contributed by atoms with Crippen LogP contribution in [0.4, 0.5) is 5.69 Å². The number of halogens is 2. The van der Waals surface area contributed by atoms with Crippen LogP contribution < -0.4 is 10.1 Å². The van der Waals surface area contributed by atoms with Crippen molar-refractivity contribution >= 4 is 28.9 Å². The van der Waals surface area contributed by atoms with E-state index in [-0.39, 0.29) is 0 Å². The van der Waals surface area contributed by atoms with Crippen molar-refractivity contribution in [1.82, 2.24) is 0 Å². The normalized spacial score (nSPS) is 10.5. The van der Waals surface area contributed by atoms with Crippen molar-refractivity contribution < 1.29 is 4.74 Å². The summed E-state index contributed by atoms with van der Waals surface area (Å²) in [6.07, 6.45) is 0.920. The highest BCUT2D eigenvalue weighted by Gasteiger charge is 2.09. The molecule has 2 aromatic rings. The van der Waals surface area contributed by atoms with Gasteiger partial charge in [-0.2, -0.15) is 0 Å². The van der Waals surface area contributed by atoms with Gasteiger partial charge in [-0.3, -0.25) is 0 Å². The molecule has 4 heteroatoms. The average molecular weight is 324 g/mol. The van der Waals surface area contributed by atoms with Crippen LogP contribution in [0.25, 0.3) is 0 Å². The zero-order valence-electron chi connectivity index (χ0n) is 12.2. The fraction of sp³-hybridized carbons (Fsp3) is 0.294. The van der Waals surface area contributed by atoms with Crippen molar-refractivity contribution in [2.75, 3.05) is 11.9 Å². The first kappa shape index (κ1) is 16.0. The molecule has 0 bridgehead atoms. The van der Waals surface area contributed by atoms with Gasteiger partial charge in [0.25, 0.3) is 0 Å². The van der Waals surface area contributed by atoms with Gasteiger partial charge in [0, 0.05) is 12.2 Å². The number of rotatable bonds is 6. The van der Waals surface area contributed by atoms with Crippen LogP contribution in [0.2, 0.25) is 10.0 Å². The monoisotopic (exact) mass is 323 g/mol. The molecule has 0 fully saturated rings. The van der Waals surface area contributed by atoms with Gasteiger partial charge in [0.05, 0.1) is 16.7 Å². The SMILES string of the molecule is CCCOc1c(Cl)cc(CNc2cccc(C)c2)cc1Cl. The Kier molecular flexibility index (Phi) is 5.77. The Morgan fingerprint density at radius 2 is 1.81 bits per heavy atom. The van der Waals surface area contributed by atoms with Gasteiger partial charge in [0.15, 0.2) is 5.75 Å². The number of anilines is 1. The summed E-state index contributed by atoms with van der Waals surface area (Å²) >= 11 is 12.5. The second kappa shape index (κ2) is 7.58. The molecule has 0 aromatic heterocycles. The van der Waals surface area contributed by atoms with Crippen LogP contribution in [-0.2, 0) is 6.54 Å². The molecule has 2 rings (SSSR count). The Balaban J connectivity index is 2.07. The Morgan fingerprint density at radius 3 is 2.43 bits per heavy atom. The first-order valence-corrected chi connectivity index (χ1v) is 7.77. The molecule has 0 aliphatic carbocycles. The van der Waals surface area contributed by atoms with Crippen LogP contribution in [0.15, 0.2) is 36.4 Å². The van der Waals surface area contributed by atoms with E-state index in [0.29, 0.717) is 28.9 Å². The minimum Gasteiger partial charge on any atom is -0.490 e. The molecular formula is C17H19Cl2NO. The summed E-state index contributed by atoms with van der Waals surface area (Å²) in [5.74, 6) is 0.569. The van der Waals surface area contributed by atoms with Crippen molar-refractivity contribution in [3.05, 3.63) is 57.6 Å². The van der Waals surface area contributed by atoms with E-state index in [1.807, 2.05) is 31.2 Å². The van der Waals surface area contributed by atoms with Crippen molar-refractivity contribution in [2.24, 2.45) is 0 Å². The fourth-order valence-corrected chi connectivity index (χ4v) is 2.66. The number of benzene rings is 2. The maximum Gasteiger partial charge on any atom is 0.156 e. The summed E-state index contributed by atoms with van der Waals surface area (Å²) in [5.41, 5.74) is 3.32. The summed E-state index contributed by atoms with van der Waals surface area (Å²) in [4.78, 5) is 0. The predicted molar refractivity (Wildman–Crippen MR) is 90.8 cm³/mol. The maximum absolute atomic E-state index is 6.24. The van der Waals surface area contributed by atoms with Gasteiger partial charge in [0.2, 0.25) is 0 Å². The summed E-state index contributed by atoms with van der Waals surface area (Å²) in [6, 6.07) is 12.0. The largest absolute Gasteiger partial charge is 0.490 e. The molecular weight excluding hydrogens is 305 g/mol. The molecule has 0 heterocycles. The molecule has 0 unspecified atom stereocenters. The van der Waals surface area contributed by atoms with Gasteiger partial charge in [0.1, 0.15) is 0 Å². The third-order valence-corrected chi connectivity index (χ3v) is 3.58. The van der Waals surface area contributed by atoms with Crippen LogP contribution in [0.3, 0.4) is 0 Å². The summed E-state index contributed by atoms with van der Waals surface area (Å²) in [6.45, 7) is 5.39. The highest BCUT2D eigenvalue weighted by molar-refractivity contribution is 6.37. The molecule has 2 aromatic carbocycles. The van der Waals surface area contributed by atoms with Crippen LogP contribution in [-0.4, -0.2) is 6.61 Å². The first-order chi connectivity index (χ1) is 10.1. The van der Waals surface area contributed by atoms with Crippen LogP contribution >= 0.6 is 23.2 Å². The van der Waals surface area contributed by atoms with Crippen LogP contribution in [0, 0.1) is 6.92 Å². The van der Waals surface area contributed by atoms with E-state index >= 15 is 0 Å². The lowest BCUT2D eigenvalue weighted by atomic mass is 10.2. The van der Waals surface area contributed by atoms with Crippen LogP contribution in [0.1, 0.15) is 24.5 Å². The van der Waals surface area contributed by atoms with Crippen molar-refractivity contribution in [1.29, 1.82) is 0 Å². The summed E-state index contributed by atoms with van der Waals surface area (Å²) in [7, 11) is 0. The Bertz CT molecular complexity index is 590. The predicted octanol–water partition coefficient (Wildman–Crippen LogP) is 5.70. The lowest BCUT2D eigenvalue weighted by Gasteiger charge is -2.12. The van der Waals surface area contributed by atoms with Crippen molar-refractivity contribution in [2.45, 2.75) is 26.8 Å². The molecule has 0 amide bonds. The van der Waals surface area contributed by atoms with Crippen LogP contribution in [0.5, 0.6) is 5.75 Å². The van der Waals surface area contributed by atoms with Gasteiger partial charge in [-0.25, -0.2) is 0 Å². The number of hydrogen-bond acceptors (Lipinski definition) is 2. The minimum absolute atomic E-state index is 0.553. The highest BCUT2D eigenvalue weighted by atomic mass is 35.5. The molecule has 0 aliphatic rings. The molecule has 21 heavy (non-hydrogen) atoms. The quantitative estimate of drug-likeness (QED) is 0.735. The third kappa shape index (κ3) is 4.55. The number of hydrogen-bond donors (Lipinski definition) is 1. The van der Waals surface area contributed by atoms with Gasteiger partial charge >= 0.3 is 0 Å². The first-order valence-electron chi connectivity index (χ1n) is 7.01. The van der Waals surface area contributed by atoms with E-state index in [4.69, 9.17) is 27.9 Å². The van der Waals surface area contributed by atoms with Gasteiger partial charge in [-0.15, -0.1) is 0 Å². The zero-order chi connectivity index (χ0) is 15.2. The van der Waals surface area contributed by atoms with E-state index in [1.54, 1.807) is 0 Å². The molecule has 0 atom stereocenters.